The molecular formula is C14H24N2. The zero-order valence-corrected chi connectivity index (χ0v) is 11.1. The number of hydrogen-bond donors (Lipinski definition) is 1. The third-order valence-electron chi connectivity index (χ3n) is 3.01. The molecule has 0 radical (unpaired) electrons. The quantitative estimate of drug-likeness (QED) is 0.843. The minimum Gasteiger partial charge on any atom is -0.313 e. The van der Waals surface area contributed by atoms with Gasteiger partial charge in [0.05, 0.1) is 0 Å². The van der Waals surface area contributed by atoms with Crippen LogP contribution in [0.25, 0.3) is 0 Å². The molecule has 0 saturated heterocycles. The van der Waals surface area contributed by atoms with E-state index in [0.29, 0.717) is 12.0 Å². The Morgan fingerprint density at radius 2 is 2.00 bits per heavy atom. The molecule has 0 aromatic carbocycles. The van der Waals surface area contributed by atoms with E-state index in [2.05, 4.69) is 57.1 Å². The predicted octanol–water partition coefficient (Wildman–Crippen LogP) is 3.21. The van der Waals surface area contributed by atoms with Gasteiger partial charge in [-0.2, -0.15) is 0 Å². The van der Waals surface area contributed by atoms with E-state index in [9.17, 15) is 0 Å². The summed E-state index contributed by atoms with van der Waals surface area (Å²) in [5.74, 6) is 0.432. The molecule has 0 saturated carbocycles. The summed E-state index contributed by atoms with van der Waals surface area (Å²) in [6.07, 6.45) is 1.87. The Kier molecular flexibility index (Phi) is 4.48. The molecule has 1 aromatic rings. The topological polar surface area (TPSA) is 24.9 Å². The van der Waals surface area contributed by atoms with Gasteiger partial charge in [0.2, 0.25) is 0 Å². The van der Waals surface area contributed by atoms with Gasteiger partial charge in [0, 0.05) is 23.9 Å². The van der Waals surface area contributed by atoms with Crippen LogP contribution in [0.3, 0.4) is 0 Å². The molecular weight excluding hydrogens is 196 g/mol. The molecule has 2 atom stereocenters. The first-order chi connectivity index (χ1) is 7.46. The van der Waals surface area contributed by atoms with Crippen LogP contribution >= 0.6 is 0 Å². The number of pyridine rings is 1. The van der Waals surface area contributed by atoms with Gasteiger partial charge in [0.1, 0.15) is 0 Å². The number of hydrogen-bond acceptors (Lipinski definition) is 2. The molecule has 1 N–H and O–H groups in total. The van der Waals surface area contributed by atoms with Gasteiger partial charge in [-0.3, -0.25) is 4.98 Å². The van der Waals surface area contributed by atoms with Gasteiger partial charge in [-0.15, -0.1) is 0 Å². The molecule has 2 nitrogen and oxygen atoms in total. The Hall–Kier alpha value is -0.890. The van der Waals surface area contributed by atoms with Crippen molar-refractivity contribution in [2.24, 2.45) is 5.41 Å². The Morgan fingerprint density at radius 1 is 1.31 bits per heavy atom. The second kappa shape index (κ2) is 5.44. The van der Waals surface area contributed by atoms with Crippen molar-refractivity contribution in [2.45, 2.75) is 46.6 Å². The van der Waals surface area contributed by atoms with E-state index in [1.807, 2.05) is 12.3 Å². The number of likely N-dealkylation sites (N-methyl/N-ethyl adjacent to an activating group) is 1. The lowest BCUT2D eigenvalue weighted by molar-refractivity contribution is 0.239. The molecule has 0 spiro atoms. The van der Waals surface area contributed by atoms with Gasteiger partial charge in [0.25, 0.3) is 0 Å². The number of nitrogens with zero attached hydrogens (tertiary/aromatic N) is 1. The fourth-order valence-electron chi connectivity index (χ4n) is 2.27. The maximum absolute atomic E-state index is 4.46. The van der Waals surface area contributed by atoms with Crippen molar-refractivity contribution in [3.8, 4) is 0 Å². The zero-order chi connectivity index (χ0) is 12.2. The van der Waals surface area contributed by atoms with Gasteiger partial charge in [-0.1, -0.05) is 40.7 Å². The molecule has 0 amide bonds. The first-order valence-electron chi connectivity index (χ1n) is 6.11. The Balaban J connectivity index is 2.87. The third kappa shape index (κ3) is 3.31. The van der Waals surface area contributed by atoms with Crippen LogP contribution in [-0.2, 0) is 0 Å². The van der Waals surface area contributed by atoms with Crippen molar-refractivity contribution in [1.29, 1.82) is 0 Å². The SMILES string of the molecule is CCNC(C(C)c1ccccn1)C(C)(C)C. The molecule has 0 aliphatic heterocycles. The van der Waals surface area contributed by atoms with E-state index >= 15 is 0 Å². The molecule has 2 heteroatoms. The number of nitrogens with one attached hydrogen (secondary N) is 1. The van der Waals surface area contributed by atoms with E-state index in [1.54, 1.807) is 0 Å². The first-order valence-corrected chi connectivity index (χ1v) is 6.11. The van der Waals surface area contributed by atoms with E-state index in [1.165, 1.54) is 5.69 Å². The molecule has 1 heterocycles. The van der Waals surface area contributed by atoms with Crippen LogP contribution < -0.4 is 5.32 Å². The van der Waals surface area contributed by atoms with Gasteiger partial charge < -0.3 is 5.32 Å². The van der Waals surface area contributed by atoms with Crippen molar-refractivity contribution < 1.29 is 0 Å². The van der Waals surface area contributed by atoms with Crippen LogP contribution in [-0.4, -0.2) is 17.6 Å². The summed E-state index contributed by atoms with van der Waals surface area (Å²) >= 11 is 0. The predicted molar refractivity (Wildman–Crippen MR) is 69.6 cm³/mol. The van der Waals surface area contributed by atoms with E-state index in [0.717, 1.165) is 6.54 Å². The highest BCUT2D eigenvalue weighted by atomic mass is 14.9. The third-order valence-corrected chi connectivity index (χ3v) is 3.01. The molecule has 16 heavy (non-hydrogen) atoms. The van der Waals surface area contributed by atoms with Gasteiger partial charge in [0.15, 0.2) is 0 Å². The fraction of sp³-hybridized carbons (Fsp3) is 0.643. The summed E-state index contributed by atoms with van der Waals surface area (Å²) in [4.78, 5) is 4.46. The largest absolute Gasteiger partial charge is 0.313 e. The summed E-state index contributed by atoms with van der Waals surface area (Å²) in [5.41, 5.74) is 1.41. The lowest BCUT2D eigenvalue weighted by Gasteiger charge is -2.36. The van der Waals surface area contributed by atoms with Crippen LogP contribution in [0.5, 0.6) is 0 Å². The average Bonchev–Trinajstić information content (AvgIpc) is 2.25. The maximum Gasteiger partial charge on any atom is 0.0447 e. The average molecular weight is 220 g/mol. The number of rotatable bonds is 4. The van der Waals surface area contributed by atoms with Crippen molar-refractivity contribution in [2.75, 3.05) is 6.54 Å². The van der Waals surface area contributed by atoms with E-state index in [4.69, 9.17) is 0 Å². The van der Waals surface area contributed by atoms with Crippen LogP contribution in [0, 0.1) is 5.41 Å². The van der Waals surface area contributed by atoms with Gasteiger partial charge in [-0.05, 0) is 24.1 Å². The van der Waals surface area contributed by atoms with Crippen LogP contribution in [0.2, 0.25) is 0 Å². The Morgan fingerprint density at radius 3 is 2.44 bits per heavy atom. The van der Waals surface area contributed by atoms with Gasteiger partial charge >= 0.3 is 0 Å². The minimum absolute atomic E-state index is 0.243. The van der Waals surface area contributed by atoms with Crippen molar-refractivity contribution in [3.05, 3.63) is 30.1 Å². The molecule has 1 aromatic heterocycles. The van der Waals surface area contributed by atoms with Crippen molar-refractivity contribution in [1.82, 2.24) is 10.3 Å². The second-order valence-electron chi connectivity index (χ2n) is 5.44. The molecule has 2 unspecified atom stereocenters. The second-order valence-corrected chi connectivity index (χ2v) is 5.44. The monoisotopic (exact) mass is 220 g/mol. The first kappa shape index (κ1) is 13.2. The molecule has 0 fully saturated rings. The summed E-state index contributed by atoms with van der Waals surface area (Å²) in [5, 5.41) is 3.58. The summed E-state index contributed by atoms with van der Waals surface area (Å²) in [6, 6.07) is 6.59. The molecule has 0 aliphatic carbocycles. The maximum atomic E-state index is 4.46. The normalized spacial score (nSPS) is 15.8. The Bertz CT molecular complexity index is 300. The van der Waals surface area contributed by atoms with Gasteiger partial charge in [-0.25, -0.2) is 0 Å². The van der Waals surface area contributed by atoms with E-state index < -0.39 is 0 Å². The Labute approximate surface area is 99.5 Å². The number of aromatic nitrogens is 1. The smallest absolute Gasteiger partial charge is 0.0447 e. The lowest BCUT2D eigenvalue weighted by atomic mass is 9.78. The summed E-state index contributed by atoms with van der Waals surface area (Å²) in [7, 11) is 0. The van der Waals surface area contributed by atoms with Crippen molar-refractivity contribution in [3.63, 3.8) is 0 Å². The summed E-state index contributed by atoms with van der Waals surface area (Å²) < 4.78 is 0. The molecule has 1 rings (SSSR count). The zero-order valence-electron chi connectivity index (χ0n) is 11.1. The van der Waals surface area contributed by atoms with Crippen LogP contribution in [0.15, 0.2) is 24.4 Å². The standard InChI is InChI=1S/C14H24N2/c1-6-15-13(14(3,4)5)11(2)12-9-7-8-10-16-12/h7-11,13,15H,6H2,1-5H3. The van der Waals surface area contributed by atoms with Crippen molar-refractivity contribution >= 4 is 0 Å². The summed E-state index contributed by atoms with van der Waals surface area (Å²) in [6.45, 7) is 12.2. The highest BCUT2D eigenvalue weighted by Gasteiger charge is 2.30. The highest BCUT2D eigenvalue weighted by Crippen LogP contribution is 2.30. The molecule has 0 bridgehead atoms. The fourth-order valence-corrected chi connectivity index (χ4v) is 2.27. The van der Waals surface area contributed by atoms with Crippen LogP contribution in [0.4, 0.5) is 0 Å². The van der Waals surface area contributed by atoms with E-state index in [-0.39, 0.29) is 5.41 Å². The minimum atomic E-state index is 0.243. The lowest BCUT2D eigenvalue weighted by Crippen LogP contribution is -2.44. The van der Waals surface area contributed by atoms with Crippen LogP contribution in [0.1, 0.15) is 46.2 Å². The molecule has 0 aliphatic rings. The molecule has 90 valence electrons. The highest BCUT2D eigenvalue weighted by molar-refractivity contribution is 5.12.